The minimum Gasteiger partial charge on any atom is -0.399 e. The van der Waals surface area contributed by atoms with Gasteiger partial charge in [0.15, 0.2) is 0 Å². The predicted octanol–water partition coefficient (Wildman–Crippen LogP) is 4.95. The lowest BCUT2D eigenvalue weighted by atomic mass is 9.98. The molecule has 3 aromatic carbocycles. The third kappa shape index (κ3) is 2.79. The quantitative estimate of drug-likeness (QED) is 0.527. The van der Waals surface area contributed by atoms with E-state index in [1.54, 1.807) is 0 Å². The van der Waals surface area contributed by atoms with Crippen LogP contribution in [0.25, 0.3) is 21.8 Å². The van der Waals surface area contributed by atoms with E-state index in [1.807, 2.05) is 6.07 Å². The fourth-order valence-electron chi connectivity index (χ4n) is 4.56. The number of para-hydroxylation sites is 1. The lowest BCUT2D eigenvalue weighted by molar-refractivity contribution is 0.246. The van der Waals surface area contributed by atoms with Crippen LogP contribution in [0.5, 0.6) is 0 Å². The first-order valence-corrected chi connectivity index (χ1v) is 9.82. The van der Waals surface area contributed by atoms with Gasteiger partial charge in [-0.2, -0.15) is 0 Å². The fraction of sp³-hybridized carbons (Fsp3) is 0.250. The zero-order valence-electron chi connectivity index (χ0n) is 15.8. The molecule has 136 valence electrons. The molecular weight excluding hydrogens is 330 g/mol. The number of rotatable bonds is 3. The van der Waals surface area contributed by atoms with E-state index in [-0.39, 0.29) is 0 Å². The van der Waals surface area contributed by atoms with Gasteiger partial charge in [-0.1, -0.05) is 30.3 Å². The molecule has 0 spiro atoms. The second kappa shape index (κ2) is 6.43. The van der Waals surface area contributed by atoms with Crippen molar-refractivity contribution in [2.75, 3.05) is 12.3 Å². The first-order valence-electron chi connectivity index (χ1n) is 9.82. The van der Waals surface area contributed by atoms with Gasteiger partial charge in [-0.15, -0.1) is 0 Å². The average molecular weight is 355 g/mol. The normalized spacial score (nSPS) is 14.7. The lowest BCUT2D eigenvalue weighted by Crippen LogP contribution is -2.30. The highest BCUT2D eigenvalue weighted by Crippen LogP contribution is 2.30. The van der Waals surface area contributed by atoms with E-state index in [2.05, 4.69) is 71.0 Å². The molecule has 0 saturated heterocycles. The second-order valence-corrected chi connectivity index (χ2v) is 7.60. The molecule has 1 aliphatic heterocycles. The Balaban J connectivity index is 1.48. The van der Waals surface area contributed by atoms with Gasteiger partial charge in [0, 0.05) is 53.7 Å². The molecule has 3 heteroatoms. The molecule has 1 aromatic heterocycles. The van der Waals surface area contributed by atoms with Gasteiger partial charge in [-0.05, 0) is 60.4 Å². The number of fused-ring (bicyclic) bond motifs is 4. The zero-order chi connectivity index (χ0) is 18.4. The highest BCUT2D eigenvalue weighted by Gasteiger charge is 2.17. The predicted molar refractivity (Wildman–Crippen MR) is 114 cm³/mol. The molecule has 5 rings (SSSR count). The van der Waals surface area contributed by atoms with Crippen LogP contribution in [0.15, 0.2) is 60.7 Å². The number of aryl methyl sites for hydroxylation is 1. The summed E-state index contributed by atoms with van der Waals surface area (Å²) in [6.45, 7) is 6.30. The SMILES string of the molecule is CCn1c2ccccc2c2cc(CN3CCc4cc(N)ccc4C3)ccc21. The first kappa shape index (κ1) is 16.4. The van der Waals surface area contributed by atoms with Gasteiger partial charge in [0.05, 0.1) is 0 Å². The van der Waals surface area contributed by atoms with Crippen LogP contribution in [0.1, 0.15) is 23.6 Å². The zero-order valence-corrected chi connectivity index (χ0v) is 15.8. The molecule has 0 amide bonds. The van der Waals surface area contributed by atoms with Gasteiger partial charge in [0.2, 0.25) is 0 Å². The van der Waals surface area contributed by atoms with Crippen molar-refractivity contribution >= 4 is 27.5 Å². The summed E-state index contributed by atoms with van der Waals surface area (Å²) in [6.07, 6.45) is 1.08. The van der Waals surface area contributed by atoms with E-state index in [0.717, 1.165) is 38.3 Å². The second-order valence-electron chi connectivity index (χ2n) is 7.60. The maximum absolute atomic E-state index is 5.94. The maximum atomic E-state index is 5.94. The van der Waals surface area contributed by atoms with Gasteiger partial charge in [-0.3, -0.25) is 4.90 Å². The summed E-state index contributed by atoms with van der Waals surface area (Å²) in [6, 6.07) is 22.1. The number of aromatic nitrogens is 1. The summed E-state index contributed by atoms with van der Waals surface area (Å²) in [5, 5.41) is 2.73. The Bertz CT molecular complexity index is 1140. The fourth-order valence-corrected chi connectivity index (χ4v) is 4.56. The van der Waals surface area contributed by atoms with Gasteiger partial charge in [0.25, 0.3) is 0 Å². The van der Waals surface area contributed by atoms with Crippen LogP contribution in [0.3, 0.4) is 0 Å². The van der Waals surface area contributed by atoms with Crippen molar-refractivity contribution < 1.29 is 0 Å². The van der Waals surface area contributed by atoms with Crippen molar-refractivity contribution in [3.05, 3.63) is 77.4 Å². The Morgan fingerprint density at radius 3 is 2.63 bits per heavy atom. The first-order chi connectivity index (χ1) is 13.2. The minimum absolute atomic E-state index is 0.875. The van der Waals surface area contributed by atoms with E-state index in [0.29, 0.717) is 0 Å². The molecule has 4 aromatic rings. The van der Waals surface area contributed by atoms with Crippen molar-refractivity contribution in [3.8, 4) is 0 Å². The molecule has 0 bridgehead atoms. The van der Waals surface area contributed by atoms with Crippen molar-refractivity contribution in [2.45, 2.75) is 33.0 Å². The third-order valence-electron chi connectivity index (χ3n) is 5.88. The Kier molecular flexibility index (Phi) is 3.91. The third-order valence-corrected chi connectivity index (χ3v) is 5.88. The van der Waals surface area contributed by atoms with Crippen LogP contribution in [0, 0.1) is 0 Å². The largest absolute Gasteiger partial charge is 0.399 e. The number of hydrogen-bond acceptors (Lipinski definition) is 2. The highest BCUT2D eigenvalue weighted by atomic mass is 15.1. The number of nitrogens with zero attached hydrogens (tertiary/aromatic N) is 2. The van der Waals surface area contributed by atoms with Crippen LogP contribution < -0.4 is 5.73 Å². The molecule has 1 aliphatic rings. The van der Waals surface area contributed by atoms with Crippen molar-refractivity contribution in [2.24, 2.45) is 0 Å². The molecular formula is C24H25N3. The number of anilines is 1. The Morgan fingerprint density at radius 2 is 1.74 bits per heavy atom. The van der Waals surface area contributed by atoms with Crippen molar-refractivity contribution in [1.29, 1.82) is 0 Å². The molecule has 2 N–H and O–H groups in total. The number of hydrogen-bond donors (Lipinski definition) is 1. The van der Waals surface area contributed by atoms with E-state index in [4.69, 9.17) is 5.73 Å². The molecule has 0 saturated carbocycles. The smallest absolute Gasteiger partial charge is 0.0491 e. The lowest BCUT2D eigenvalue weighted by Gasteiger charge is -2.29. The standard InChI is InChI=1S/C24H25N3/c1-2-27-23-6-4-3-5-21(23)22-13-17(7-10-24(22)27)15-26-12-11-18-14-20(25)9-8-19(18)16-26/h3-10,13-14H,2,11-12,15-16,25H2,1H3. The van der Waals surface area contributed by atoms with Crippen LogP contribution in [0.4, 0.5) is 5.69 Å². The van der Waals surface area contributed by atoms with E-state index in [1.165, 1.54) is 38.5 Å². The van der Waals surface area contributed by atoms with Gasteiger partial charge in [0.1, 0.15) is 0 Å². The summed E-state index contributed by atoms with van der Waals surface area (Å²) in [4.78, 5) is 2.54. The molecule has 3 nitrogen and oxygen atoms in total. The van der Waals surface area contributed by atoms with E-state index in [9.17, 15) is 0 Å². The van der Waals surface area contributed by atoms with E-state index >= 15 is 0 Å². The molecule has 27 heavy (non-hydrogen) atoms. The monoisotopic (exact) mass is 355 g/mol. The van der Waals surface area contributed by atoms with Gasteiger partial charge in [-0.25, -0.2) is 0 Å². The summed E-state index contributed by atoms with van der Waals surface area (Å²) >= 11 is 0. The van der Waals surface area contributed by atoms with Gasteiger partial charge >= 0.3 is 0 Å². The molecule has 0 radical (unpaired) electrons. The Hall–Kier alpha value is -2.78. The Labute approximate surface area is 160 Å². The van der Waals surface area contributed by atoms with Gasteiger partial charge < -0.3 is 10.3 Å². The Morgan fingerprint density at radius 1 is 0.889 bits per heavy atom. The topological polar surface area (TPSA) is 34.2 Å². The molecule has 0 fully saturated rings. The van der Waals surface area contributed by atoms with Crippen LogP contribution in [-0.4, -0.2) is 16.0 Å². The summed E-state index contributed by atoms with van der Waals surface area (Å²) < 4.78 is 2.41. The molecule has 2 heterocycles. The van der Waals surface area contributed by atoms with Crippen molar-refractivity contribution in [3.63, 3.8) is 0 Å². The van der Waals surface area contributed by atoms with Crippen molar-refractivity contribution in [1.82, 2.24) is 9.47 Å². The highest BCUT2D eigenvalue weighted by molar-refractivity contribution is 6.08. The molecule has 0 aliphatic carbocycles. The van der Waals surface area contributed by atoms with Crippen LogP contribution in [-0.2, 0) is 26.1 Å². The number of nitrogen functional groups attached to an aromatic ring is 1. The number of nitrogens with two attached hydrogens (primary N) is 1. The minimum atomic E-state index is 0.875. The average Bonchev–Trinajstić information content (AvgIpc) is 3.01. The van der Waals surface area contributed by atoms with Crippen LogP contribution >= 0.6 is 0 Å². The van der Waals surface area contributed by atoms with E-state index < -0.39 is 0 Å². The summed E-state index contributed by atoms with van der Waals surface area (Å²) in [5.74, 6) is 0. The van der Waals surface area contributed by atoms with Crippen LogP contribution in [0.2, 0.25) is 0 Å². The maximum Gasteiger partial charge on any atom is 0.0491 e. The molecule has 0 unspecified atom stereocenters. The molecule has 0 atom stereocenters. The summed E-state index contributed by atoms with van der Waals surface area (Å²) in [7, 11) is 0. The number of benzene rings is 3. The summed E-state index contributed by atoms with van der Waals surface area (Å²) in [5.41, 5.74) is 13.7.